The third kappa shape index (κ3) is 3.70. The highest BCUT2D eigenvalue weighted by molar-refractivity contribution is 6.21. The summed E-state index contributed by atoms with van der Waals surface area (Å²) in [5, 5.41) is 14.8. The first kappa shape index (κ1) is 19.1. The van der Waals surface area contributed by atoms with Crippen molar-refractivity contribution in [3.05, 3.63) is 59.7 Å². The Morgan fingerprint density at radius 3 is 2.48 bits per heavy atom. The van der Waals surface area contributed by atoms with E-state index >= 15 is 0 Å². The first-order chi connectivity index (χ1) is 15.1. The molecule has 1 aliphatic heterocycles. The molecule has 1 saturated carbocycles. The number of rotatable bonds is 7. The summed E-state index contributed by atoms with van der Waals surface area (Å²) in [5.41, 5.74) is 2.32. The fourth-order valence-electron chi connectivity index (χ4n) is 3.75. The molecule has 3 aromatic rings. The highest BCUT2D eigenvalue weighted by Crippen LogP contribution is 2.36. The first-order valence-corrected chi connectivity index (χ1v) is 10.2. The summed E-state index contributed by atoms with van der Waals surface area (Å²) >= 11 is 0. The van der Waals surface area contributed by atoms with Crippen molar-refractivity contribution in [3.8, 4) is 11.4 Å². The standard InChI is InChI=1S/C22H20N6O3/c29-19(9-4-12-27-21(30)17-7-1-2-8-18(17)22(27)31)23-15-6-3-5-14(13-15)20-24-25-26-28(20)16-10-11-16/h1-3,5-8,13,16H,4,9-12H2,(H,23,29). The summed E-state index contributed by atoms with van der Waals surface area (Å²) in [6.07, 6.45) is 2.72. The Morgan fingerprint density at radius 2 is 1.77 bits per heavy atom. The van der Waals surface area contributed by atoms with Gasteiger partial charge in [-0.15, -0.1) is 5.10 Å². The number of hydrogen-bond acceptors (Lipinski definition) is 6. The number of nitrogens with zero attached hydrogens (tertiary/aromatic N) is 5. The number of hydrogen-bond donors (Lipinski definition) is 1. The lowest BCUT2D eigenvalue weighted by molar-refractivity contribution is -0.116. The molecule has 2 aromatic carbocycles. The quantitative estimate of drug-likeness (QED) is 0.593. The van der Waals surface area contributed by atoms with Crippen molar-refractivity contribution >= 4 is 23.4 Å². The van der Waals surface area contributed by atoms with Gasteiger partial charge < -0.3 is 5.32 Å². The van der Waals surface area contributed by atoms with Crippen LogP contribution >= 0.6 is 0 Å². The van der Waals surface area contributed by atoms with Gasteiger partial charge >= 0.3 is 0 Å². The van der Waals surface area contributed by atoms with Crippen molar-refractivity contribution in [2.45, 2.75) is 31.7 Å². The minimum absolute atomic E-state index is 0.185. The predicted molar refractivity (Wildman–Crippen MR) is 111 cm³/mol. The van der Waals surface area contributed by atoms with Crippen molar-refractivity contribution in [3.63, 3.8) is 0 Å². The van der Waals surface area contributed by atoms with Crippen LogP contribution in [0.1, 0.15) is 52.4 Å². The molecule has 0 atom stereocenters. The number of imide groups is 1. The summed E-state index contributed by atoms with van der Waals surface area (Å²) in [5.74, 6) is -0.107. The number of aromatic nitrogens is 4. The number of carbonyl (C=O) groups is 3. The SMILES string of the molecule is O=C(CCCN1C(=O)c2ccccc2C1=O)Nc1cccc(-c2nnnn2C2CC2)c1. The lowest BCUT2D eigenvalue weighted by Gasteiger charge is -2.13. The molecule has 1 aliphatic carbocycles. The van der Waals surface area contributed by atoms with Gasteiger partial charge in [-0.1, -0.05) is 24.3 Å². The van der Waals surface area contributed by atoms with E-state index in [1.165, 1.54) is 4.90 Å². The van der Waals surface area contributed by atoms with Gasteiger partial charge in [0.05, 0.1) is 17.2 Å². The van der Waals surface area contributed by atoms with E-state index in [1.54, 1.807) is 30.3 Å². The van der Waals surface area contributed by atoms with Gasteiger partial charge in [-0.25, -0.2) is 4.68 Å². The van der Waals surface area contributed by atoms with Crippen LogP contribution < -0.4 is 5.32 Å². The zero-order chi connectivity index (χ0) is 21.4. The second-order valence-corrected chi connectivity index (χ2v) is 7.72. The van der Waals surface area contributed by atoms with E-state index in [9.17, 15) is 14.4 Å². The van der Waals surface area contributed by atoms with Gasteiger partial charge in [0, 0.05) is 24.2 Å². The average molecular weight is 416 g/mol. The fraction of sp³-hybridized carbons (Fsp3) is 0.273. The lowest BCUT2D eigenvalue weighted by Crippen LogP contribution is -2.31. The Balaban J connectivity index is 1.18. The van der Waals surface area contributed by atoms with Crippen LogP contribution in [0.4, 0.5) is 5.69 Å². The number of tetrazole rings is 1. The summed E-state index contributed by atoms with van der Waals surface area (Å²) in [6.45, 7) is 0.204. The number of nitrogens with one attached hydrogen (secondary N) is 1. The van der Waals surface area contributed by atoms with Crippen LogP contribution in [-0.2, 0) is 4.79 Å². The lowest BCUT2D eigenvalue weighted by atomic mass is 10.1. The van der Waals surface area contributed by atoms with Crippen LogP contribution in [0.3, 0.4) is 0 Å². The van der Waals surface area contributed by atoms with E-state index < -0.39 is 0 Å². The Kier molecular flexibility index (Phi) is 4.78. The maximum atomic E-state index is 12.4. The molecule has 3 amide bonds. The molecule has 0 spiro atoms. The highest BCUT2D eigenvalue weighted by atomic mass is 16.2. The topological polar surface area (TPSA) is 110 Å². The smallest absolute Gasteiger partial charge is 0.261 e. The minimum Gasteiger partial charge on any atom is -0.326 e. The fourth-order valence-corrected chi connectivity index (χ4v) is 3.75. The van der Waals surface area contributed by atoms with Crippen LogP contribution in [-0.4, -0.2) is 49.4 Å². The molecule has 9 heteroatoms. The molecule has 9 nitrogen and oxygen atoms in total. The zero-order valence-electron chi connectivity index (χ0n) is 16.7. The van der Waals surface area contributed by atoms with Gasteiger partial charge in [-0.05, 0) is 54.0 Å². The summed E-state index contributed by atoms with van der Waals surface area (Å²) < 4.78 is 1.82. The molecule has 0 unspecified atom stereocenters. The number of fused-ring (bicyclic) bond motifs is 1. The number of benzene rings is 2. The van der Waals surface area contributed by atoms with Crippen molar-refractivity contribution in [1.29, 1.82) is 0 Å². The Hall–Kier alpha value is -3.88. The molecule has 1 fully saturated rings. The Morgan fingerprint density at radius 1 is 1.03 bits per heavy atom. The summed E-state index contributed by atoms with van der Waals surface area (Å²) in [4.78, 5) is 38.4. The van der Waals surface area contributed by atoms with Crippen LogP contribution in [0, 0.1) is 0 Å². The van der Waals surface area contributed by atoms with E-state index in [1.807, 2.05) is 22.9 Å². The van der Waals surface area contributed by atoms with Crippen molar-refractivity contribution < 1.29 is 14.4 Å². The highest BCUT2D eigenvalue weighted by Gasteiger charge is 2.34. The molecule has 1 aromatic heterocycles. The van der Waals surface area contributed by atoms with Gasteiger partial charge in [-0.2, -0.15) is 0 Å². The molecule has 0 saturated heterocycles. The zero-order valence-corrected chi connectivity index (χ0v) is 16.7. The maximum Gasteiger partial charge on any atom is 0.261 e. The van der Waals surface area contributed by atoms with E-state index in [0.717, 1.165) is 18.4 Å². The summed E-state index contributed by atoms with van der Waals surface area (Å²) in [7, 11) is 0. The third-order valence-corrected chi connectivity index (χ3v) is 5.45. The number of anilines is 1. The van der Waals surface area contributed by atoms with E-state index in [4.69, 9.17) is 0 Å². The molecular weight excluding hydrogens is 396 g/mol. The molecule has 31 heavy (non-hydrogen) atoms. The largest absolute Gasteiger partial charge is 0.326 e. The molecule has 5 rings (SSSR count). The van der Waals surface area contributed by atoms with Crippen molar-refractivity contribution in [1.82, 2.24) is 25.1 Å². The maximum absolute atomic E-state index is 12.4. The monoisotopic (exact) mass is 416 g/mol. The number of carbonyl (C=O) groups excluding carboxylic acids is 3. The van der Waals surface area contributed by atoms with Gasteiger partial charge in [-0.3, -0.25) is 19.3 Å². The van der Waals surface area contributed by atoms with E-state index in [0.29, 0.717) is 35.1 Å². The van der Waals surface area contributed by atoms with E-state index in [-0.39, 0.29) is 30.7 Å². The van der Waals surface area contributed by atoms with Crippen molar-refractivity contribution in [2.75, 3.05) is 11.9 Å². The number of amides is 3. The van der Waals surface area contributed by atoms with Crippen molar-refractivity contribution in [2.24, 2.45) is 0 Å². The van der Waals surface area contributed by atoms with Gasteiger partial charge in [0.1, 0.15) is 0 Å². The molecule has 1 N–H and O–H groups in total. The molecule has 2 aliphatic rings. The molecule has 2 heterocycles. The molecular formula is C22H20N6O3. The van der Waals surface area contributed by atoms with Crippen LogP contribution in [0.5, 0.6) is 0 Å². The minimum atomic E-state index is -0.304. The predicted octanol–water partition coefficient (Wildman–Crippen LogP) is 2.69. The average Bonchev–Trinajstić information content (AvgIpc) is 3.46. The first-order valence-electron chi connectivity index (χ1n) is 10.2. The van der Waals surface area contributed by atoms with Crippen LogP contribution in [0.15, 0.2) is 48.5 Å². The second kappa shape index (κ2) is 7.75. The Labute approximate surface area is 178 Å². The van der Waals surface area contributed by atoms with E-state index in [2.05, 4.69) is 20.8 Å². The van der Waals surface area contributed by atoms with Gasteiger partial charge in [0.15, 0.2) is 5.82 Å². The van der Waals surface area contributed by atoms with Gasteiger partial charge in [0.2, 0.25) is 5.91 Å². The molecule has 0 bridgehead atoms. The second-order valence-electron chi connectivity index (χ2n) is 7.72. The van der Waals surface area contributed by atoms with Gasteiger partial charge in [0.25, 0.3) is 11.8 Å². The molecule has 156 valence electrons. The normalized spacial score (nSPS) is 15.3. The Bertz CT molecular complexity index is 1150. The molecule has 0 radical (unpaired) electrons. The third-order valence-electron chi connectivity index (χ3n) is 5.45. The summed E-state index contributed by atoms with van der Waals surface area (Å²) in [6, 6.07) is 14.5. The van der Waals surface area contributed by atoms with Crippen LogP contribution in [0.2, 0.25) is 0 Å². The van der Waals surface area contributed by atoms with Crippen LogP contribution in [0.25, 0.3) is 11.4 Å².